The zero-order chi connectivity index (χ0) is 16.6. The molecule has 3 nitrogen and oxygen atoms in total. The summed E-state index contributed by atoms with van der Waals surface area (Å²) in [6, 6.07) is 2.92. The molecule has 0 spiro atoms. The molecule has 21 heavy (non-hydrogen) atoms. The molecule has 0 fully saturated rings. The molecule has 0 radical (unpaired) electrons. The number of carboxylic acids is 1. The number of hydrogen-bond donors (Lipinski definition) is 1. The Kier molecular flexibility index (Phi) is 8.97. The average Bonchev–Trinajstić information content (AvgIpc) is 2.51. The van der Waals surface area contributed by atoms with E-state index in [1.807, 2.05) is 13.8 Å². The van der Waals surface area contributed by atoms with Gasteiger partial charge in [-0.05, 0) is 12.1 Å². The molecule has 1 aromatic carbocycles. The lowest BCUT2D eigenvalue weighted by molar-refractivity contribution is -0.133. The van der Waals surface area contributed by atoms with Gasteiger partial charge in [-0.25, -0.2) is 9.18 Å². The zero-order valence-corrected chi connectivity index (χ0v) is 13.3. The van der Waals surface area contributed by atoms with Crippen LogP contribution in [0, 0.1) is 0 Å². The van der Waals surface area contributed by atoms with Crippen molar-refractivity contribution in [2.45, 2.75) is 20.0 Å². The van der Waals surface area contributed by atoms with E-state index in [9.17, 15) is 13.6 Å². The van der Waals surface area contributed by atoms with Crippen LogP contribution in [0.15, 0.2) is 17.7 Å². The van der Waals surface area contributed by atoms with E-state index < -0.39 is 18.7 Å². The van der Waals surface area contributed by atoms with Crippen molar-refractivity contribution in [3.8, 4) is 5.75 Å². The zero-order valence-electron chi connectivity index (χ0n) is 11.8. The summed E-state index contributed by atoms with van der Waals surface area (Å²) >= 11 is 11.6. The molecule has 1 aromatic rings. The Labute approximate surface area is 132 Å². The van der Waals surface area contributed by atoms with E-state index in [4.69, 9.17) is 33.0 Å². The minimum absolute atomic E-state index is 0.140. The van der Waals surface area contributed by atoms with Gasteiger partial charge < -0.3 is 9.84 Å². The molecule has 7 heteroatoms. The molecule has 0 amide bonds. The van der Waals surface area contributed by atoms with Gasteiger partial charge in [0.25, 0.3) is 0 Å². The molecule has 118 valence electrons. The van der Waals surface area contributed by atoms with Crippen molar-refractivity contribution in [3.05, 3.63) is 33.3 Å². The van der Waals surface area contributed by atoms with E-state index >= 15 is 0 Å². The van der Waals surface area contributed by atoms with Gasteiger partial charge in [0.05, 0.1) is 22.8 Å². The highest BCUT2D eigenvalue weighted by atomic mass is 35.5. The number of aliphatic carboxylic acids is 1. The van der Waals surface area contributed by atoms with Gasteiger partial charge in [-0.15, -0.1) is 0 Å². The van der Waals surface area contributed by atoms with Crippen LogP contribution >= 0.6 is 23.2 Å². The molecule has 2 rings (SSSR count). The van der Waals surface area contributed by atoms with Crippen molar-refractivity contribution in [2.75, 3.05) is 13.9 Å². The van der Waals surface area contributed by atoms with Crippen molar-refractivity contribution in [1.29, 1.82) is 0 Å². The lowest BCUT2D eigenvalue weighted by Crippen LogP contribution is -2.29. The summed E-state index contributed by atoms with van der Waals surface area (Å²) in [6.07, 6.45) is 0.227. The van der Waals surface area contributed by atoms with Crippen LogP contribution in [0.3, 0.4) is 0 Å². The van der Waals surface area contributed by atoms with E-state index in [0.717, 1.165) is 0 Å². The van der Waals surface area contributed by atoms with Crippen molar-refractivity contribution in [3.63, 3.8) is 0 Å². The molecule has 0 saturated heterocycles. The molecular weight excluding hydrogens is 325 g/mol. The molecule has 0 aliphatic carbocycles. The Hall–Kier alpha value is -1.33. The van der Waals surface area contributed by atoms with Crippen LogP contribution in [0.2, 0.25) is 10.0 Å². The first-order valence-corrected chi connectivity index (χ1v) is 6.83. The van der Waals surface area contributed by atoms with Gasteiger partial charge in [-0.1, -0.05) is 37.0 Å². The lowest BCUT2D eigenvalue weighted by atomic mass is 10.0. The number of rotatable bonds is 2. The lowest BCUT2D eigenvalue weighted by Gasteiger charge is -2.23. The maximum atomic E-state index is 12.7. The summed E-state index contributed by atoms with van der Waals surface area (Å²) < 4.78 is 27.4. The third-order valence-electron chi connectivity index (χ3n) is 2.37. The van der Waals surface area contributed by atoms with E-state index in [-0.39, 0.29) is 15.6 Å². The standard InChI is InChI=1S/C11H7Cl2FO3.C2H6.CH3F/c12-7-2-5-1-6(11(15)16)10(4-14)17-9(5)3-8(7)13;2*1-2/h1-3,10H,4H2,(H,15,16);1-2H3;1H3. The SMILES string of the molecule is CC.CF.O=C(O)C1=Cc2cc(Cl)c(Cl)cc2OC1CF. The van der Waals surface area contributed by atoms with Gasteiger partial charge in [-0.2, -0.15) is 0 Å². The largest absolute Gasteiger partial charge is 0.482 e. The highest BCUT2D eigenvalue weighted by molar-refractivity contribution is 6.42. The molecule has 1 aliphatic rings. The molecule has 0 bridgehead atoms. The van der Waals surface area contributed by atoms with E-state index in [1.54, 1.807) is 0 Å². The Morgan fingerprint density at radius 2 is 1.81 bits per heavy atom. The predicted molar refractivity (Wildman–Crippen MR) is 80.8 cm³/mol. The fourth-order valence-electron chi connectivity index (χ4n) is 1.55. The molecule has 1 heterocycles. The number of ether oxygens (including phenoxy) is 1. The van der Waals surface area contributed by atoms with Crippen molar-refractivity contribution >= 4 is 35.2 Å². The minimum atomic E-state index is -1.22. The summed E-state index contributed by atoms with van der Waals surface area (Å²) in [5, 5.41) is 9.47. The monoisotopic (exact) mass is 340 g/mol. The summed E-state index contributed by atoms with van der Waals surface area (Å²) in [7, 11) is 0.500. The second-order valence-electron chi connectivity index (χ2n) is 3.47. The highest BCUT2D eigenvalue weighted by Gasteiger charge is 2.28. The van der Waals surface area contributed by atoms with E-state index in [0.29, 0.717) is 18.5 Å². The number of halogens is 4. The van der Waals surface area contributed by atoms with Gasteiger partial charge in [0, 0.05) is 11.6 Å². The summed E-state index contributed by atoms with van der Waals surface area (Å²) in [6.45, 7) is 3.08. The van der Waals surface area contributed by atoms with Crippen molar-refractivity contribution in [2.24, 2.45) is 0 Å². The summed E-state index contributed by atoms with van der Waals surface area (Å²) in [5.74, 6) is -0.892. The average molecular weight is 341 g/mol. The van der Waals surface area contributed by atoms with Gasteiger partial charge >= 0.3 is 5.97 Å². The number of carbonyl (C=O) groups is 1. The molecule has 1 unspecified atom stereocenters. The molecule has 0 saturated carbocycles. The molecule has 1 atom stereocenters. The number of fused-ring (bicyclic) bond motifs is 1. The predicted octanol–water partition coefficient (Wildman–Crippen LogP) is 4.80. The van der Waals surface area contributed by atoms with Gasteiger partial charge in [0.15, 0.2) is 6.10 Å². The quantitative estimate of drug-likeness (QED) is 0.840. The number of benzene rings is 1. The van der Waals surface area contributed by atoms with Crippen LogP contribution < -0.4 is 4.74 Å². The first-order chi connectivity index (χ1) is 10.0. The van der Waals surface area contributed by atoms with E-state index in [2.05, 4.69) is 0 Å². The maximum Gasteiger partial charge on any atom is 0.335 e. The molecular formula is C14H16Cl2F2O3. The van der Waals surface area contributed by atoms with Crippen molar-refractivity contribution in [1.82, 2.24) is 0 Å². The van der Waals surface area contributed by atoms with Crippen LogP contribution in [0.25, 0.3) is 6.08 Å². The topological polar surface area (TPSA) is 46.5 Å². The third-order valence-corrected chi connectivity index (χ3v) is 3.09. The van der Waals surface area contributed by atoms with Gasteiger partial charge in [0.1, 0.15) is 12.4 Å². The fraction of sp³-hybridized carbons (Fsp3) is 0.357. The van der Waals surface area contributed by atoms with Crippen LogP contribution in [0.4, 0.5) is 8.78 Å². The van der Waals surface area contributed by atoms with Crippen molar-refractivity contribution < 1.29 is 23.4 Å². The Bertz CT molecular complexity index is 519. The second-order valence-corrected chi connectivity index (χ2v) is 4.28. The summed E-state index contributed by atoms with van der Waals surface area (Å²) in [5.41, 5.74) is 0.333. The third kappa shape index (κ3) is 4.86. The van der Waals surface area contributed by atoms with E-state index in [1.165, 1.54) is 18.2 Å². The first-order valence-electron chi connectivity index (χ1n) is 6.07. The number of hydrogen-bond acceptors (Lipinski definition) is 2. The Balaban J connectivity index is 0.000000921. The minimum Gasteiger partial charge on any atom is -0.482 e. The Morgan fingerprint density at radius 1 is 1.29 bits per heavy atom. The van der Waals surface area contributed by atoms with Crippen LogP contribution in [-0.4, -0.2) is 31.0 Å². The fourth-order valence-corrected chi connectivity index (χ4v) is 1.88. The molecule has 1 aliphatic heterocycles. The van der Waals surface area contributed by atoms with Gasteiger partial charge in [0.2, 0.25) is 0 Å². The maximum absolute atomic E-state index is 12.7. The van der Waals surface area contributed by atoms with Crippen LogP contribution in [0.1, 0.15) is 19.4 Å². The molecule has 0 aromatic heterocycles. The normalized spacial score (nSPS) is 15.2. The summed E-state index contributed by atoms with van der Waals surface area (Å²) in [4.78, 5) is 10.9. The number of carboxylic acid groups (broad SMARTS) is 1. The highest BCUT2D eigenvalue weighted by Crippen LogP contribution is 2.36. The number of alkyl halides is 2. The van der Waals surface area contributed by atoms with Crippen LogP contribution in [0.5, 0.6) is 5.75 Å². The smallest absolute Gasteiger partial charge is 0.335 e. The van der Waals surface area contributed by atoms with Crippen LogP contribution in [-0.2, 0) is 4.79 Å². The van der Waals surface area contributed by atoms with Gasteiger partial charge in [-0.3, -0.25) is 4.39 Å². The Morgan fingerprint density at radius 3 is 2.29 bits per heavy atom. The second kappa shape index (κ2) is 9.58. The molecule has 1 N–H and O–H groups in total. The first kappa shape index (κ1) is 19.7.